The molecular formula is C7H12N2OS. The molecule has 2 N–H and O–H groups in total. The lowest BCUT2D eigenvalue weighted by molar-refractivity contribution is 0.378. The second kappa shape index (κ2) is 3.67. The van der Waals surface area contributed by atoms with Crippen LogP contribution in [0.5, 0.6) is 0 Å². The molecule has 1 heterocycles. The van der Waals surface area contributed by atoms with Gasteiger partial charge in [-0.25, -0.2) is 0 Å². The predicted molar refractivity (Wildman–Crippen MR) is 48.9 cm³/mol. The van der Waals surface area contributed by atoms with Gasteiger partial charge in [-0.05, 0) is 12.7 Å². The summed E-state index contributed by atoms with van der Waals surface area (Å²) < 4.78 is 0. The fourth-order valence-corrected chi connectivity index (χ4v) is 1.33. The number of nitrogens with zero attached hydrogens (tertiary/aromatic N) is 1. The van der Waals surface area contributed by atoms with E-state index in [2.05, 4.69) is 17.2 Å². The van der Waals surface area contributed by atoms with E-state index in [1.54, 1.807) is 11.8 Å². The molecule has 0 spiro atoms. The highest BCUT2D eigenvalue weighted by Gasteiger charge is 2.09. The molecule has 0 aromatic carbocycles. The molecule has 0 saturated carbocycles. The van der Waals surface area contributed by atoms with Gasteiger partial charge in [-0.2, -0.15) is 0 Å². The Morgan fingerprint density at radius 2 is 2.45 bits per heavy atom. The van der Waals surface area contributed by atoms with Crippen LogP contribution in [0.25, 0.3) is 0 Å². The lowest BCUT2D eigenvalue weighted by Crippen LogP contribution is -2.25. The summed E-state index contributed by atoms with van der Waals surface area (Å²) in [5, 5.41) is 12.9. The van der Waals surface area contributed by atoms with Crippen molar-refractivity contribution in [3.05, 3.63) is 11.5 Å². The zero-order valence-corrected chi connectivity index (χ0v) is 7.53. The van der Waals surface area contributed by atoms with Gasteiger partial charge in [0.05, 0.1) is 6.54 Å². The molecule has 0 fully saturated rings. The van der Waals surface area contributed by atoms with E-state index in [1.165, 1.54) is 0 Å². The Balaban J connectivity index is 2.52. The molecule has 1 aliphatic rings. The minimum Gasteiger partial charge on any atom is -0.495 e. The van der Waals surface area contributed by atoms with Gasteiger partial charge in [0.25, 0.3) is 0 Å². The SMILES string of the molecule is CCSC1=NCC(C)=C(O)N1. The van der Waals surface area contributed by atoms with Gasteiger partial charge < -0.3 is 10.4 Å². The first-order valence-electron chi connectivity index (χ1n) is 3.57. The lowest BCUT2D eigenvalue weighted by atomic mass is 10.3. The standard InChI is InChI=1S/C7H12N2OS/c1-3-11-7-8-4-5(2)6(10)9-7/h10H,3-4H2,1-2H3,(H,8,9). The monoisotopic (exact) mass is 172 g/mol. The Morgan fingerprint density at radius 3 is 3.00 bits per heavy atom. The van der Waals surface area contributed by atoms with Crippen LogP contribution in [0, 0.1) is 0 Å². The van der Waals surface area contributed by atoms with Crippen molar-refractivity contribution in [1.29, 1.82) is 0 Å². The van der Waals surface area contributed by atoms with E-state index >= 15 is 0 Å². The fourth-order valence-electron chi connectivity index (χ4n) is 0.731. The Labute approximate surface area is 70.6 Å². The molecule has 1 rings (SSSR count). The van der Waals surface area contributed by atoms with E-state index in [4.69, 9.17) is 0 Å². The van der Waals surface area contributed by atoms with Crippen molar-refractivity contribution in [3.8, 4) is 0 Å². The van der Waals surface area contributed by atoms with E-state index < -0.39 is 0 Å². The third kappa shape index (κ3) is 2.15. The number of hydrogen-bond acceptors (Lipinski definition) is 4. The summed E-state index contributed by atoms with van der Waals surface area (Å²) in [4.78, 5) is 4.20. The number of thioether (sulfide) groups is 1. The minimum absolute atomic E-state index is 0.260. The summed E-state index contributed by atoms with van der Waals surface area (Å²) >= 11 is 1.60. The number of rotatable bonds is 1. The number of aliphatic hydroxyl groups excluding tert-OH is 1. The Hall–Kier alpha value is -0.640. The maximum Gasteiger partial charge on any atom is 0.190 e. The molecule has 0 aliphatic carbocycles. The fraction of sp³-hybridized carbons (Fsp3) is 0.571. The molecule has 0 aromatic heterocycles. The topological polar surface area (TPSA) is 44.6 Å². The van der Waals surface area contributed by atoms with Crippen LogP contribution in [-0.4, -0.2) is 22.6 Å². The average molecular weight is 172 g/mol. The van der Waals surface area contributed by atoms with Gasteiger partial charge in [0.15, 0.2) is 11.1 Å². The van der Waals surface area contributed by atoms with Crippen molar-refractivity contribution in [2.24, 2.45) is 4.99 Å². The summed E-state index contributed by atoms with van der Waals surface area (Å²) in [6.45, 7) is 4.53. The number of aliphatic imine (C=N–C) groups is 1. The average Bonchev–Trinajstić information content (AvgIpc) is 1.98. The van der Waals surface area contributed by atoms with E-state index in [-0.39, 0.29) is 5.88 Å². The molecule has 0 aromatic rings. The van der Waals surface area contributed by atoms with Crippen molar-refractivity contribution in [2.45, 2.75) is 13.8 Å². The molecule has 0 saturated heterocycles. The van der Waals surface area contributed by atoms with Crippen molar-refractivity contribution >= 4 is 16.9 Å². The molecule has 0 amide bonds. The third-order valence-corrected chi connectivity index (χ3v) is 2.16. The van der Waals surface area contributed by atoms with Gasteiger partial charge in [0.2, 0.25) is 0 Å². The third-order valence-electron chi connectivity index (χ3n) is 1.37. The maximum absolute atomic E-state index is 9.25. The van der Waals surface area contributed by atoms with Crippen molar-refractivity contribution in [2.75, 3.05) is 12.3 Å². The largest absolute Gasteiger partial charge is 0.495 e. The van der Waals surface area contributed by atoms with Gasteiger partial charge in [-0.1, -0.05) is 18.7 Å². The summed E-state index contributed by atoms with van der Waals surface area (Å²) in [6, 6.07) is 0. The van der Waals surface area contributed by atoms with Gasteiger partial charge in [0.1, 0.15) is 0 Å². The Bertz CT molecular complexity index is 210. The first-order chi connectivity index (χ1) is 5.24. The molecule has 4 heteroatoms. The van der Waals surface area contributed by atoms with E-state index in [9.17, 15) is 5.11 Å². The van der Waals surface area contributed by atoms with E-state index in [1.807, 2.05) is 6.92 Å². The Morgan fingerprint density at radius 1 is 1.73 bits per heavy atom. The zero-order valence-electron chi connectivity index (χ0n) is 6.72. The number of aliphatic hydroxyl groups is 1. The first-order valence-corrected chi connectivity index (χ1v) is 4.55. The molecule has 0 radical (unpaired) electrons. The summed E-state index contributed by atoms with van der Waals surface area (Å²) in [6.07, 6.45) is 0. The molecule has 62 valence electrons. The molecular weight excluding hydrogens is 160 g/mol. The molecule has 3 nitrogen and oxygen atoms in total. The van der Waals surface area contributed by atoms with Gasteiger partial charge in [0, 0.05) is 5.57 Å². The van der Waals surface area contributed by atoms with Crippen LogP contribution < -0.4 is 5.32 Å². The zero-order chi connectivity index (χ0) is 8.27. The predicted octanol–water partition coefficient (Wildman–Crippen LogP) is 1.49. The summed E-state index contributed by atoms with van der Waals surface area (Å²) in [5.74, 6) is 1.23. The highest BCUT2D eigenvalue weighted by atomic mass is 32.2. The van der Waals surface area contributed by atoms with Crippen molar-refractivity contribution < 1.29 is 5.11 Å². The molecule has 0 unspecified atom stereocenters. The quantitative estimate of drug-likeness (QED) is 0.630. The van der Waals surface area contributed by atoms with Crippen LogP contribution in [-0.2, 0) is 0 Å². The van der Waals surface area contributed by atoms with Crippen LogP contribution in [0.1, 0.15) is 13.8 Å². The maximum atomic E-state index is 9.25. The first kappa shape index (κ1) is 8.46. The molecule has 11 heavy (non-hydrogen) atoms. The van der Waals surface area contributed by atoms with Crippen LogP contribution in [0.3, 0.4) is 0 Å². The Kier molecular flexibility index (Phi) is 2.82. The molecule has 0 atom stereocenters. The summed E-state index contributed by atoms with van der Waals surface area (Å²) in [5.41, 5.74) is 0.894. The van der Waals surface area contributed by atoms with Gasteiger partial charge in [-0.15, -0.1) is 0 Å². The minimum atomic E-state index is 0.260. The van der Waals surface area contributed by atoms with Gasteiger partial charge >= 0.3 is 0 Å². The van der Waals surface area contributed by atoms with Crippen molar-refractivity contribution in [3.63, 3.8) is 0 Å². The van der Waals surface area contributed by atoms with Gasteiger partial charge in [-0.3, -0.25) is 4.99 Å². The second-order valence-electron chi connectivity index (χ2n) is 2.31. The molecule has 1 aliphatic heterocycles. The van der Waals surface area contributed by atoms with Crippen LogP contribution in [0.2, 0.25) is 0 Å². The molecule has 0 bridgehead atoms. The highest BCUT2D eigenvalue weighted by molar-refractivity contribution is 8.13. The van der Waals surface area contributed by atoms with E-state index in [0.29, 0.717) is 6.54 Å². The van der Waals surface area contributed by atoms with Crippen molar-refractivity contribution in [1.82, 2.24) is 5.32 Å². The number of amidine groups is 1. The second-order valence-corrected chi connectivity index (χ2v) is 3.56. The smallest absolute Gasteiger partial charge is 0.190 e. The normalized spacial score (nSPS) is 17.8. The lowest BCUT2D eigenvalue weighted by Gasteiger charge is -2.14. The number of nitrogens with one attached hydrogen (secondary N) is 1. The highest BCUT2D eigenvalue weighted by Crippen LogP contribution is 2.10. The number of hydrogen-bond donors (Lipinski definition) is 2. The van der Waals surface area contributed by atoms with Crippen LogP contribution in [0.15, 0.2) is 16.4 Å². The van der Waals surface area contributed by atoms with Crippen LogP contribution >= 0.6 is 11.8 Å². The van der Waals surface area contributed by atoms with Crippen LogP contribution in [0.4, 0.5) is 0 Å². The summed E-state index contributed by atoms with van der Waals surface area (Å²) in [7, 11) is 0. The van der Waals surface area contributed by atoms with E-state index in [0.717, 1.165) is 16.5 Å².